The summed E-state index contributed by atoms with van der Waals surface area (Å²) in [5, 5.41) is 3.68. The van der Waals surface area contributed by atoms with Gasteiger partial charge in [0.1, 0.15) is 5.41 Å². The summed E-state index contributed by atoms with van der Waals surface area (Å²) in [5.74, 6) is -0.310. The predicted molar refractivity (Wildman–Crippen MR) is 87.2 cm³/mol. The molecule has 0 atom stereocenters. The third-order valence-corrected chi connectivity index (χ3v) is 4.98. The number of hydrogen-bond donors (Lipinski definition) is 1. The van der Waals surface area contributed by atoms with Gasteiger partial charge in [-0.1, -0.05) is 23.2 Å². The molecule has 0 radical (unpaired) electrons. The zero-order valence-electron chi connectivity index (χ0n) is 12.2. The Bertz CT molecular complexity index is 608. The molecule has 1 N–H and O–H groups in total. The number of anilines is 1. The fraction of sp³-hybridized carbons (Fsp3) is 0.500. The molecular formula is C16H18Cl2N2O2. The van der Waals surface area contributed by atoms with Crippen molar-refractivity contribution in [3.8, 4) is 0 Å². The van der Waals surface area contributed by atoms with Crippen LogP contribution in [0.15, 0.2) is 18.2 Å². The Morgan fingerprint density at radius 2 is 1.77 bits per heavy atom. The number of nitrogens with one attached hydrogen (secondary N) is 1. The number of carbonyl (C=O) groups excluding carboxylic acids is 2. The molecule has 2 fully saturated rings. The van der Waals surface area contributed by atoms with Crippen molar-refractivity contribution in [1.29, 1.82) is 0 Å². The topological polar surface area (TPSA) is 49.4 Å². The first-order valence-electron chi connectivity index (χ1n) is 7.59. The van der Waals surface area contributed by atoms with Crippen molar-refractivity contribution in [2.24, 2.45) is 5.41 Å². The molecule has 1 saturated heterocycles. The number of benzene rings is 1. The lowest BCUT2D eigenvalue weighted by Gasteiger charge is -2.30. The summed E-state index contributed by atoms with van der Waals surface area (Å²) < 4.78 is 0. The van der Waals surface area contributed by atoms with Gasteiger partial charge < -0.3 is 10.2 Å². The first-order valence-corrected chi connectivity index (χ1v) is 8.34. The number of piperidine rings is 1. The highest BCUT2D eigenvalue weighted by atomic mass is 35.5. The Kier molecular flexibility index (Phi) is 4.33. The van der Waals surface area contributed by atoms with Crippen LogP contribution < -0.4 is 5.32 Å². The molecule has 1 aliphatic heterocycles. The van der Waals surface area contributed by atoms with Gasteiger partial charge in [0, 0.05) is 18.1 Å². The summed E-state index contributed by atoms with van der Waals surface area (Å²) in [4.78, 5) is 27.1. The van der Waals surface area contributed by atoms with E-state index in [0.29, 0.717) is 28.6 Å². The van der Waals surface area contributed by atoms with Gasteiger partial charge in [0.25, 0.3) is 0 Å². The lowest BCUT2D eigenvalue weighted by atomic mass is 10.0. The van der Waals surface area contributed by atoms with Crippen LogP contribution in [0, 0.1) is 5.41 Å². The first-order chi connectivity index (χ1) is 10.5. The van der Waals surface area contributed by atoms with E-state index in [0.717, 1.165) is 32.4 Å². The molecule has 3 rings (SSSR count). The summed E-state index contributed by atoms with van der Waals surface area (Å²) >= 11 is 12.0. The zero-order valence-corrected chi connectivity index (χ0v) is 13.7. The van der Waals surface area contributed by atoms with E-state index < -0.39 is 5.41 Å². The van der Waals surface area contributed by atoms with Gasteiger partial charge in [-0.25, -0.2) is 0 Å². The molecule has 0 unspecified atom stereocenters. The Balaban J connectivity index is 1.73. The summed E-state index contributed by atoms with van der Waals surface area (Å²) in [6, 6.07) is 4.89. The minimum Gasteiger partial charge on any atom is -0.342 e. The van der Waals surface area contributed by atoms with Crippen molar-refractivity contribution < 1.29 is 9.59 Å². The maximum Gasteiger partial charge on any atom is 0.240 e. The quantitative estimate of drug-likeness (QED) is 0.852. The largest absolute Gasteiger partial charge is 0.342 e. The predicted octanol–water partition coefficient (Wildman–Crippen LogP) is 3.72. The van der Waals surface area contributed by atoms with Crippen LogP contribution in [0.4, 0.5) is 5.69 Å². The summed E-state index contributed by atoms with van der Waals surface area (Å²) in [7, 11) is 0. The number of rotatable bonds is 3. The number of likely N-dealkylation sites (tertiary alicyclic amines) is 1. The molecule has 22 heavy (non-hydrogen) atoms. The van der Waals surface area contributed by atoms with Gasteiger partial charge in [0.15, 0.2) is 0 Å². The smallest absolute Gasteiger partial charge is 0.240 e. The Morgan fingerprint density at radius 1 is 1.09 bits per heavy atom. The molecule has 4 nitrogen and oxygen atoms in total. The second kappa shape index (κ2) is 6.09. The van der Waals surface area contributed by atoms with Crippen LogP contribution in [0.3, 0.4) is 0 Å². The second-order valence-electron chi connectivity index (χ2n) is 6.01. The van der Waals surface area contributed by atoms with E-state index >= 15 is 0 Å². The van der Waals surface area contributed by atoms with E-state index in [1.165, 1.54) is 0 Å². The van der Waals surface area contributed by atoms with Crippen molar-refractivity contribution in [3.63, 3.8) is 0 Å². The minimum absolute atomic E-state index is 0.0390. The molecule has 1 aromatic carbocycles. The average Bonchev–Trinajstić information content (AvgIpc) is 3.33. The van der Waals surface area contributed by atoms with E-state index in [1.54, 1.807) is 18.2 Å². The third kappa shape index (κ3) is 2.95. The SMILES string of the molecule is O=C(Nc1cc(Cl)ccc1Cl)C1(C(=O)N2CCCCC2)CC1. The standard InChI is InChI=1S/C16H18Cl2N2O2/c17-11-4-5-12(18)13(10-11)19-14(21)16(6-7-16)15(22)20-8-2-1-3-9-20/h4-5,10H,1-3,6-9H2,(H,19,21). The van der Waals surface area contributed by atoms with Gasteiger partial charge >= 0.3 is 0 Å². The Labute approximate surface area is 139 Å². The number of halogens is 2. The Morgan fingerprint density at radius 3 is 2.41 bits per heavy atom. The molecule has 2 aliphatic rings. The van der Waals surface area contributed by atoms with E-state index in [1.807, 2.05) is 4.90 Å². The fourth-order valence-electron chi connectivity index (χ4n) is 2.90. The fourth-order valence-corrected chi connectivity index (χ4v) is 3.23. The normalized spacial score (nSPS) is 19.6. The zero-order chi connectivity index (χ0) is 15.7. The number of carbonyl (C=O) groups is 2. The van der Waals surface area contributed by atoms with Crippen LogP contribution in [-0.4, -0.2) is 29.8 Å². The maximum absolute atomic E-state index is 12.7. The molecule has 0 aromatic heterocycles. The van der Waals surface area contributed by atoms with Gasteiger partial charge in [-0.15, -0.1) is 0 Å². The molecule has 1 heterocycles. The number of hydrogen-bond acceptors (Lipinski definition) is 2. The summed E-state index contributed by atoms with van der Waals surface area (Å²) in [6.45, 7) is 1.51. The molecule has 1 aliphatic carbocycles. The van der Waals surface area contributed by atoms with Crippen LogP contribution in [0.1, 0.15) is 32.1 Å². The molecule has 0 spiro atoms. The van der Waals surface area contributed by atoms with Crippen molar-refractivity contribution in [3.05, 3.63) is 28.2 Å². The van der Waals surface area contributed by atoms with Crippen LogP contribution in [-0.2, 0) is 9.59 Å². The lowest BCUT2D eigenvalue weighted by Crippen LogP contribution is -2.45. The highest BCUT2D eigenvalue weighted by Gasteiger charge is 2.58. The molecule has 1 saturated carbocycles. The van der Waals surface area contributed by atoms with E-state index in [4.69, 9.17) is 23.2 Å². The summed E-state index contributed by atoms with van der Waals surface area (Å²) in [6.07, 6.45) is 4.40. The van der Waals surface area contributed by atoms with Crippen molar-refractivity contribution in [1.82, 2.24) is 4.90 Å². The van der Waals surface area contributed by atoms with Gasteiger partial charge in [-0.3, -0.25) is 9.59 Å². The van der Waals surface area contributed by atoms with Gasteiger partial charge in [-0.05, 0) is 50.3 Å². The van der Waals surface area contributed by atoms with Gasteiger partial charge in [0.05, 0.1) is 10.7 Å². The van der Waals surface area contributed by atoms with E-state index in [-0.39, 0.29) is 11.8 Å². The van der Waals surface area contributed by atoms with Crippen LogP contribution in [0.5, 0.6) is 0 Å². The summed E-state index contributed by atoms with van der Waals surface area (Å²) in [5.41, 5.74) is -0.444. The maximum atomic E-state index is 12.7. The monoisotopic (exact) mass is 340 g/mol. The Hall–Kier alpha value is -1.26. The highest BCUT2D eigenvalue weighted by Crippen LogP contribution is 2.48. The average molecular weight is 341 g/mol. The molecule has 1 aromatic rings. The van der Waals surface area contributed by atoms with Crippen molar-refractivity contribution in [2.45, 2.75) is 32.1 Å². The van der Waals surface area contributed by atoms with Crippen LogP contribution in [0.25, 0.3) is 0 Å². The van der Waals surface area contributed by atoms with Gasteiger partial charge in [0.2, 0.25) is 11.8 Å². The van der Waals surface area contributed by atoms with Crippen molar-refractivity contribution >= 4 is 40.7 Å². The third-order valence-electron chi connectivity index (χ3n) is 4.41. The molecule has 0 bridgehead atoms. The van der Waals surface area contributed by atoms with E-state index in [9.17, 15) is 9.59 Å². The molecule has 118 valence electrons. The highest BCUT2D eigenvalue weighted by molar-refractivity contribution is 6.36. The van der Waals surface area contributed by atoms with Crippen LogP contribution in [0.2, 0.25) is 10.0 Å². The minimum atomic E-state index is -0.900. The first kappa shape index (κ1) is 15.6. The molecular weight excluding hydrogens is 323 g/mol. The van der Waals surface area contributed by atoms with Crippen molar-refractivity contribution in [2.75, 3.05) is 18.4 Å². The van der Waals surface area contributed by atoms with Gasteiger partial charge in [-0.2, -0.15) is 0 Å². The number of nitrogens with zero attached hydrogens (tertiary/aromatic N) is 1. The second-order valence-corrected chi connectivity index (χ2v) is 6.86. The number of amides is 2. The molecule has 6 heteroatoms. The van der Waals surface area contributed by atoms with Crippen LogP contribution >= 0.6 is 23.2 Å². The molecule has 2 amide bonds. The lowest BCUT2D eigenvalue weighted by molar-refractivity contribution is -0.143. The van der Waals surface area contributed by atoms with E-state index in [2.05, 4.69) is 5.32 Å².